The minimum absolute atomic E-state index is 0.0698. The zero-order valence-electron chi connectivity index (χ0n) is 9.73. The molecular weight excluding hydrogens is 198 g/mol. The fraction of sp³-hybridized carbons (Fsp3) is 0.214. The van der Waals surface area contributed by atoms with E-state index in [4.69, 9.17) is 0 Å². The van der Waals surface area contributed by atoms with E-state index in [-0.39, 0.29) is 5.91 Å². The van der Waals surface area contributed by atoms with Gasteiger partial charge in [0.25, 0.3) is 0 Å². The molecular formula is C14H17NO. The van der Waals surface area contributed by atoms with Gasteiger partial charge >= 0.3 is 0 Å². The Morgan fingerprint density at radius 2 is 2.19 bits per heavy atom. The van der Waals surface area contributed by atoms with E-state index in [2.05, 4.69) is 11.4 Å². The molecule has 0 aliphatic carbocycles. The molecule has 0 saturated carbocycles. The van der Waals surface area contributed by atoms with Crippen LogP contribution in [-0.4, -0.2) is 5.91 Å². The first kappa shape index (κ1) is 12.2. The van der Waals surface area contributed by atoms with Crippen molar-refractivity contribution in [3.8, 4) is 0 Å². The first-order valence-corrected chi connectivity index (χ1v) is 5.35. The highest BCUT2D eigenvalue weighted by molar-refractivity contribution is 5.87. The number of allylic oxidation sites excluding steroid dienone is 3. The topological polar surface area (TPSA) is 29.1 Å². The summed E-state index contributed by atoms with van der Waals surface area (Å²) < 4.78 is 0. The second-order valence-corrected chi connectivity index (χ2v) is 3.59. The van der Waals surface area contributed by atoms with E-state index in [1.54, 1.807) is 6.08 Å². The lowest BCUT2D eigenvalue weighted by Crippen LogP contribution is -2.20. The Hall–Kier alpha value is -1.83. The summed E-state index contributed by atoms with van der Waals surface area (Å²) >= 11 is 0. The van der Waals surface area contributed by atoms with Crippen LogP contribution >= 0.6 is 0 Å². The number of aryl methyl sites for hydroxylation is 1. The second-order valence-electron chi connectivity index (χ2n) is 3.59. The molecule has 2 heteroatoms. The maximum absolute atomic E-state index is 11.3. The van der Waals surface area contributed by atoms with Gasteiger partial charge < -0.3 is 5.32 Å². The van der Waals surface area contributed by atoms with Gasteiger partial charge in [-0.3, -0.25) is 4.79 Å². The number of amides is 1. The molecule has 0 unspecified atom stereocenters. The molecule has 0 aliphatic heterocycles. The van der Waals surface area contributed by atoms with E-state index in [1.807, 2.05) is 44.2 Å². The van der Waals surface area contributed by atoms with Crippen molar-refractivity contribution in [3.05, 3.63) is 59.7 Å². The number of hydrogen-bond acceptors (Lipinski definition) is 1. The van der Waals surface area contributed by atoms with Crippen LogP contribution < -0.4 is 5.32 Å². The highest BCUT2D eigenvalue weighted by atomic mass is 16.1. The molecule has 16 heavy (non-hydrogen) atoms. The molecule has 84 valence electrons. The van der Waals surface area contributed by atoms with Crippen molar-refractivity contribution in [1.82, 2.24) is 5.32 Å². The minimum atomic E-state index is -0.0698. The first-order chi connectivity index (χ1) is 7.72. The molecule has 1 N–H and O–H groups in total. The number of carbonyl (C=O) groups is 1. The van der Waals surface area contributed by atoms with E-state index in [0.29, 0.717) is 6.54 Å². The van der Waals surface area contributed by atoms with Gasteiger partial charge in [-0.2, -0.15) is 0 Å². The van der Waals surface area contributed by atoms with Crippen LogP contribution in [0, 0.1) is 6.92 Å². The molecule has 0 atom stereocenters. The maximum atomic E-state index is 11.3. The zero-order chi connectivity index (χ0) is 11.8. The predicted octanol–water partition coefficient (Wildman–Crippen LogP) is 2.74. The highest BCUT2D eigenvalue weighted by Crippen LogP contribution is 2.02. The molecule has 1 rings (SSSR count). The van der Waals surface area contributed by atoms with E-state index in [9.17, 15) is 4.79 Å². The first-order valence-electron chi connectivity index (χ1n) is 5.35. The summed E-state index contributed by atoms with van der Waals surface area (Å²) in [6, 6.07) is 8.10. The van der Waals surface area contributed by atoms with Gasteiger partial charge in [-0.25, -0.2) is 0 Å². The van der Waals surface area contributed by atoms with Gasteiger partial charge in [-0.15, -0.1) is 0 Å². The number of carbonyl (C=O) groups excluding carboxylic acids is 1. The fourth-order valence-corrected chi connectivity index (χ4v) is 1.32. The lowest BCUT2D eigenvalue weighted by Gasteiger charge is -2.03. The number of nitrogens with one attached hydrogen (secondary N) is 1. The molecule has 0 bridgehead atoms. The molecule has 0 aromatic heterocycles. The van der Waals surface area contributed by atoms with Gasteiger partial charge in [0.2, 0.25) is 5.91 Å². The Labute approximate surface area is 96.7 Å². The van der Waals surface area contributed by atoms with Crippen molar-refractivity contribution in [2.75, 3.05) is 0 Å². The van der Waals surface area contributed by atoms with E-state index in [1.165, 1.54) is 11.6 Å². The molecule has 2 nitrogen and oxygen atoms in total. The summed E-state index contributed by atoms with van der Waals surface area (Å²) in [5.41, 5.74) is 2.32. The van der Waals surface area contributed by atoms with Crippen LogP contribution in [0.15, 0.2) is 48.6 Å². The van der Waals surface area contributed by atoms with E-state index >= 15 is 0 Å². The van der Waals surface area contributed by atoms with Crippen LogP contribution in [0.5, 0.6) is 0 Å². The van der Waals surface area contributed by atoms with Crippen LogP contribution in [0.3, 0.4) is 0 Å². The monoisotopic (exact) mass is 215 g/mol. The molecule has 1 aromatic rings. The Bertz CT molecular complexity index is 405. The lowest BCUT2D eigenvalue weighted by molar-refractivity contribution is -0.116. The highest BCUT2D eigenvalue weighted by Gasteiger charge is 1.95. The summed E-state index contributed by atoms with van der Waals surface area (Å²) in [7, 11) is 0. The minimum Gasteiger partial charge on any atom is -0.348 e. The molecule has 0 saturated heterocycles. The zero-order valence-corrected chi connectivity index (χ0v) is 9.73. The quantitative estimate of drug-likeness (QED) is 0.607. The molecule has 0 fully saturated rings. The van der Waals surface area contributed by atoms with Gasteiger partial charge in [0.05, 0.1) is 0 Å². The van der Waals surface area contributed by atoms with Crippen molar-refractivity contribution in [3.63, 3.8) is 0 Å². The normalized spacial score (nSPS) is 11.1. The summed E-state index contributed by atoms with van der Waals surface area (Å²) in [5.74, 6) is -0.0698. The third-order valence-corrected chi connectivity index (χ3v) is 2.10. The smallest absolute Gasteiger partial charge is 0.244 e. The van der Waals surface area contributed by atoms with Gasteiger partial charge in [-0.05, 0) is 19.4 Å². The number of rotatable bonds is 4. The van der Waals surface area contributed by atoms with Gasteiger partial charge in [0, 0.05) is 12.6 Å². The molecule has 0 radical (unpaired) electrons. The van der Waals surface area contributed by atoms with Crippen LogP contribution in [0.25, 0.3) is 0 Å². The van der Waals surface area contributed by atoms with E-state index < -0.39 is 0 Å². The molecule has 0 aliphatic rings. The Kier molecular flexibility index (Phi) is 5.06. The van der Waals surface area contributed by atoms with Crippen molar-refractivity contribution < 1.29 is 4.79 Å². The van der Waals surface area contributed by atoms with Crippen LogP contribution in [0.1, 0.15) is 18.1 Å². The Morgan fingerprint density at radius 3 is 2.88 bits per heavy atom. The van der Waals surface area contributed by atoms with Crippen molar-refractivity contribution in [1.29, 1.82) is 0 Å². The largest absolute Gasteiger partial charge is 0.348 e. The summed E-state index contributed by atoms with van der Waals surface area (Å²) in [6.45, 7) is 4.52. The summed E-state index contributed by atoms with van der Waals surface area (Å²) in [5, 5.41) is 2.83. The van der Waals surface area contributed by atoms with Crippen molar-refractivity contribution in [2.45, 2.75) is 20.4 Å². The average Bonchev–Trinajstić information content (AvgIpc) is 2.27. The maximum Gasteiger partial charge on any atom is 0.244 e. The SMILES string of the molecule is C/C=C/C=C/C(=O)NCc1cccc(C)c1. The third-order valence-electron chi connectivity index (χ3n) is 2.10. The fourth-order valence-electron chi connectivity index (χ4n) is 1.32. The Balaban J connectivity index is 2.43. The lowest BCUT2D eigenvalue weighted by atomic mass is 10.1. The third kappa shape index (κ3) is 4.60. The molecule has 1 aromatic carbocycles. The van der Waals surface area contributed by atoms with Gasteiger partial charge in [0.1, 0.15) is 0 Å². The standard InChI is InChI=1S/C14H17NO/c1-3-4-5-9-14(16)15-11-13-8-6-7-12(2)10-13/h3-10H,11H2,1-2H3,(H,15,16)/b4-3+,9-5+. The summed E-state index contributed by atoms with van der Waals surface area (Å²) in [6.07, 6.45) is 6.96. The van der Waals surface area contributed by atoms with Crippen LogP contribution in [0.2, 0.25) is 0 Å². The van der Waals surface area contributed by atoms with Gasteiger partial charge in [-0.1, -0.05) is 48.1 Å². The van der Waals surface area contributed by atoms with Crippen molar-refractivity contribution >= 4 is 5.91 Å². The molecule has 0 heterocycles. The average molecular weight is 215 g/mol. The van der Waals surface area contributed by atoms with Gasteiger partial charge in [0.15, 0.2) is 0 Å². The Morgan fingerprint density at radius 1 is 1.38 bits per heavy atom. The van der Waals surface area contributed by atoms with E-state index in [0.717, 1.165) is 5.56 Å². The number of benzene rings is 1. The van der Waals surface area contributed by atoms with Crippen molar-refractivity contribution in [2.24, 2.45) is 0 Å². The number of hydrogen-bond donors (Lipinski definition) is 1. The predicted molar refractivity (Wildman–Crippen MR) is 67.0 cm³/mol. The molecule has 0 spiro atoms. The summed E-state index contributed by atoms with van der Waals surface area (Å²) in [4.78, 5) is 11.3. The van der Waals surface area contributed by atoms with Crippen LogP contribution in [0.4, 0.5) is 0 Å². The second kappa shape index (κ2) is 6.62. The van der Waals surface area contributed by atoms with Crippen LogP contribution in [-0.2, 0) is 11.3 Å². The molecule has 1 amide bonds.